The summed E-state index contributed by atoms with van der Waals surface area (Å²) in [6.07, 6.45) is 3.18. The van der Waals surface area contributed by atoms with E-state index < -0.39 is 0 Å². The molecule has 1 aliphatic rings. The number of carbonyl (C=O) groups is 1. The molecular weight excluding hydrogens is 362 g/mol. The highest BCUT2D eigenvalue weighted by atomic mass is 16.7. The van der Waals surface area contributed by atoms with Crippen LogP contribution in [0.25, 0.3) is 6.08 Å². The Labute approximate surface area is 163 Å². The second-order valence-electron chi connectivity index (χ2n) is 5.83. The van der Waals surface area contributed by atoms with Gasteiger partial charge in [-0.3, -0.25) is 4.79 Å². The van der Waals surface area contributed by atoms with E-state index in [0.717, 1.165) is 5.56 Å². The predicted molar refractivity (Wildman–Crippen MR) is 104 cm³/mol. The number of carbonyl (C=O) groups excluding carboxylic acids is 1. The fraction of sp³-hybridized carbons (Fsp3) is 0.286. The van der Waals surface area contributed by atoms with Gasteiger partial charge in [-0.1, -0.05) is 6.07 Å². The molecule has 0 atom stereocenters. The standard InChI is InChI=1S/C21H23NO6/c1-3-25-17-7-4-15(12-19(17)24-2)5-9-21(23)22-10-11-26-16-6-8-18-20(13-16)28-14-27-18/h4-9,12-13H,3,10-11,14H2,1-2H3,(H,22,23). The zero-order valence-electron chi connectivity index (χ0n) is 15.9. The van der Waals surface area contributed by atoms with Gasteiger partial charge in [-0.05, 0) is 42.8 Å². The van der Waals surface area contributed by atoms with Gasteiger partial charge in [-0.15, -0.1) is 0 Å². The van der Waals surface area contributed by atoms with Crippen LogP contribution in [0.15, 0.2) is 42.5 Å². The van der Waals surface area contributed by atoms with Crippen molar-refractivity contribution in [2.75, 3.05) is 33.7 Å². The maximum atomic E-state index is 12.0. The molecule has 1 aliphatic heterocycles. The quantitative estimate of drug-likeness (QED) is 0.528. The molecule has 2 aromatic rings. The topological polar surface area (TPSA) is 75.3 Å². The third-order valence-electron chi connectivity index (χ3n) is 3.93. The molecule has 148 valence electrons. The Morgan fingerprint density at radius 2 is 1.96 bits per heavy atom. The zero-order chi connectivity index (χ0) is 19.8. The lowest BCUT2D eigenvalue weighted by atomic mass is 10.2. The molecule has 0 fully saturated rings. The van der Waals surface area contributed by atoms with Crippen LogP contribution in [0, 0.1) is 0 Å². The predicted octanol–water partition coefficient (Wildman–Crippen LogP) is 3.03. The molecule has 28 heavy (non-hydrogen) atoms. The van der Waals surface area contributed by atoms with Gasteiger partial charge in [0, 0.05) is 12.1 Å². The maximum absolute atomic E-state index is 12.0. The Kier molecular flexibility index (Phi) is 6.62. The summed E-state index contributed by atoms with van der Waals surface area (Å²) in [6.45, 7) is 3.41. The number of hydrogen-bond donors (Lipinski definition) is 1. The van der Waals surface area contributed by atoms with Gasteiger partial charge in [0.25, 0.3) is 0 Å². The van der Waals surface area contributed by atoms with Crippen molar-refractivity contribution in [3.63, 3.8) is 0 Å². The highest BCUT2D eigenvalue weighted by Gasteiger charge is 2.13. The number of ether oxygens (including phenoxy) is 5. The van der Waals surface area contributed by atoms with Gasteiger partial charge < -0.3 is 29.0 Å². The summed E-state index contributed by atoms with van der Waals surface area (Å²) < 4.78 is 26.9. The minimum absolute atomic E-state index is 0.206. The first-order valence-corrected chi connectivity index (χ1v) is 8.99. The van der Waals surface area contributed by atoms with Crippen LogP contribution in [0.3, 0.4) is 0 Å². The second kappa shape index (κ2) is 9.55. The molecule has 1 amide bonds. The number of fused-ring (bicyclic) bond motifs is 1. The highest BCUT2D eigenvalue weighted by Crippen LogP contribution is 2.35. The van der Waals surface area contributed by atoms with E-state index in [9.17, 15) is 4.79 Å². The van der Waals surface area contributed by atoms with Crippen molar-refractivity contribution >= 4 is 12.0 Å². The molecule has 3 rings (SSSR count). The van der Waals surface area contributed by atoms with E-state index in [1.165, 1.54) is 6.08 Å². The second-order valence-corrected chi connectivity index (χ2v) is 5.83. The van der Waals surface area contributed by atoms with Crippen molar-refractivity contribution in [3.8, 4) is 28.7 Å². The fourth-order valence-electron chi connectivity index (χ4n) is 2.60. The number of hydrogen-bond acceptors (Lipinski definition) is 6. The first-order chi connectivity index (χ1) is 13.7. The summed E-state index contributed by atoms with van der Waals surface area (Å²) in [5.74, 6) is 3.12. The molecular formula is C21H23NO6. The Balaban J connectivity index is 1.44. The monoisotopic (exact) mass is 385 g/mol. The molecule has 0 unspecified atom stereocenters. The van der Waals surface area contributed by atoms with Crippen molar-refractivity contribution in [2.24, 2.45) is 0 Å². The average molecular weight is 385 g/mol. The number of amides is 1. The van der Waals surface area contributed by atoms with Gasteiger partial charge >= 0.3 is 0 Å². The molecule has 0 saturated carbocycles. The Hall–Kier alpha value is -3.35. The van der Waals surface area contributed by atoms with Crippen molar-refractivity contribution in [2.45, 2.75) is 6.92 Å². The Morgan fingerprint density at radius 1 is 1.11 bits per heavy atom. The van der Waals surface area contributed by atoms with Gasteiger partial charge in [0.2, 0.25) is 12.7 Å². The Bertz CT molecular complexity index is 849. The lowest BCUT2D eigenvalue weighted by Gasteiger charge is -2.09. The summed E-state index contributed by atoms with van der Waals surface area (Å²) in [7, 11) is 1.58. The van der Waals surface area contributed by atoms with Crippen molar-refractivity contribution in [1.82, 2.24) is 5.32 Å². The molecule has 2 aromatic carbocycles. The van der Waals surface area contributed by atoms with Crippen LogP contribution in [0.2, 0.25) is 0 Å². The van der Waals surface area contributed by atoms with Crippen LogP contribution in [-0.4, -0.2) is 39.6 Å². The van der Waals surface area contributed by atoms with Crippen molar-refractivity contribution < 1.29 is 28.5 Å². The lowest BCUT2D eigenvalue weighted by molar-refractivity contribution is -0.116. The van der Waals surface area contributed by atoms with Crippen molar-refractivity contribution in [3.05, 3.63) is 48.0 Å². The van der Waals surface area contributed by atoms with E-state index in [1.54, 1.807) is 31.4 Å². The van der Waals surface area contributed by atoms with E-state index in [1.807, 2.05) is 25.1 Å². The highest BCUT2D eigenvalue weighted by molar-refractivity contribution is 5.91. The smallest absolute Gasteiger partial charge is 0.244 e. The fourth-order valence-corrected chi connectivity index (χ4v) is 2.60. The molecule has 7 heteroatoms. The summed E-state index contributed by atoms with van der Waals surface area (Å²) >= 11 is 0. The average Bonchev–Trinajstić information content (AvgIpc) is 3.18. The SMILES string of the molecule is CCOc1ccc(C=CC(=O)NCCOc2ccc3c(c2)OCO3)cc1OC. The van der Waals surface area contributed by atoms with E-state index in [2.05, 4.69) is 5.32 Å². The molecule has 0 saturated heterocycles. The van der Waals surface area contributed by atoms with E-state index in [-0.39, 0.29) is 12.7 Å². The van der Waals surface area contributed by atoms with Crippen LogP contribution < -0.4 is 29.0 Å². The lowest BCUT2D eigenvalue weighted by Crippen LogP contribution is -2.26. The number of benzene rings is 2. The summed E-state index contributed by atoms with van der Waals surface area (Å²) in [6, 6.07) is 10.9. The van der Waals surface area contributed by atoms with E-state index in [0.29, 0.717) is 48.5 Å². The molecule has 0 spiro atoms. The minimum atomic E-state index is -0.206. The van der Waals surface area contributed by atoms with Crippen LogP contribution in [0.5, 0.6) is 28.7 Å². The summed E-state index contributed by atoms with van der Waals surface area (Å²) in [5.41, 5.74) is 0.840. The van der Waals surface area contributed by atoms with Gasteiger partial charge in [-0.25, -0.2) is 0 Å². The van der Waals surface area contributed by atoms with Crippen molar-refractivity contribution in [1.29, 1.82) is 0 Å². The number of rotatable bonds is 9. The van der Waals surface area contributed by atoms with Gasteiger partial charge in [0.1, 0.15) is 12.4 Å². The first kappa shape index (κ1) is 19.4. The summed E-state index contributed by atoms with van der Waals surface area (Å²) in [4.78, 5) is 12.0. The van der Waals surface area contributed by atoms with Crippen LogP contribution in [-0.2, 0) is 4.79 Å². The molecule has 0 bridgehead atoms. The first-order valence-electron chi connectivity index (χ1n) is 8.99. The van der Waals surface area contributed by atoms with E-state index >= 15 is 0 Å². The largest absolute Gasteiger partial charge is 0.493 e. The molecule has 0 aromatic heterocycles. The molecule has 0 aliphatic carbocycles. The van der Waals surface area contributed by atoms with Gasteiger partial charge in [-0.2, -0.15) is 0 Å². The summed E-state index contributed by atoms with van der Waals surface area (Å²) in [5, 5.41) is 2.77. The third-order valence-corrected chi connectivity index (χ3v) is 3.93. The minimum Gasteiger partial charge on any atom is -0.493 e. The molecule has 1 heterocycles. The number of nitrogens with one attached hydrogen (secondary N) is 1. The van der Waals surface area contributed by atoms with Crippen LogP contribution >= 0.6 is 0 Å². The molecule has 7 nitrogen and oxygen atoms in total. The van der Waals surface area contributed by atoms with E-state index in [4.69, 9.17) is 23.7 Å². The zero-order valence-corrected chi connectivity index (χ0v) is 15.9. The maximum Gasteiger partial charge on any atom is 0.244 e. The molecule has 1 N–H and O–H groups in total. The normalized spacial score (nSPS) is 12.1. The van der Waals surface area contributed by atoms with Gasteiger partial charge in [0.05, 0.1) is 20.3 Å². The molecule has 0 radical (unpaired) electrons. The third kappa shape index (κ3) is 5.09. The van der Waals surface area contributed by atoms with Crippen LogP contribution in [0.1, 0.15) is 12.5 Å². The van der Waals surface area contributed by atoms with Crippen LogP contribution in [0.4, 0.5) is 0 Å². The Morgan fingerprint density at radius 3 is 2.79 bits per heavy atom. The number of methoxy groups -OCH3 is 1. The van der Waals surface area contributed by atoms with Gasteiger partial charge in [0.15, 0.2) is 23.0 Å².